The molecular weight excluding hydrogens is 476 g/mol. The maximum atomic E-state index is 13.4. The maximum absolute atomic E-state index is 13.4. The standard InChI is InChI=1S/C17H8F12N2O/c18-14(19,20)8-2-1-3-11(5-8)30-13(32)31(17(27,28)29)12-6-9(15(21,22)23)4-10(7-12)16(24,25)26/h1-7H,(H,30,32). The van der Waals surface area contributed by atoms with Crippen LogP contribution in [0.1, 0.15) is 16.7 Å². The number of carbonyl (C=O) groups excluding carboxylic acids is 1. The molecule has 2 rings (SSSR count). The van der Waals surface area contributed by atoms with Gasteiger partial charge in [0.2, 0.25) is 0 Å². The molecule has 0 unspecified atom stereocenters. The van der Waals surface area contributed by atoms with E-state index in [0.717, 1.165) is 6.07 Å². The van der Waals surface area contributed by atoms with E-state index in [9.17, 15) is 57.5 Å². The second-order valence-corrected chi connectivity index (χ2v) is 6.08. The largest absolute Gasteiger partial charge is 0.493 e. The van der Waals surface area contributed by atoms with Gasteiger partial charge in [-0.3, -0.25) is 0 Å². The van der Waals surface area contributed by atoms with Crippen molar-refractivity contribution in [3.05, 3.63) is 59.2 Å². The first-order chi connectivity index (χ1) is 14.3. The van der Waals surface area contributed by atoms with Gasteiger partial charge in [0, 0.05) is 5.69 Å². The molecule has 0 bridgehead atoms. The summed E-state index contributed by atoms with van der Waals surface area (Å²) in [5.41, 5.74) is -8.36. The second-order valence-electron chi connectivity index (χ2n) is 6.08. The molecule has 0 fully saturated rings. The SMILES string of the molecule is O=C(Nc1cccc(C(F)(F)F)c1)N(c1cc(C(F)(F)F)cc(C(F)(F)F)c1)C(F)(F)F. The number of halogens is 12. The predicted octanol–water partition coefficient (Wildman–Crippen LogP) is 7.30. The molecular formula is C17H8F12N2O. The Morgan fingerprint density at radius 1 is 0.656 bits per heavy atom. The zero-order valence-electron chi connectivity index (χ0n) is 14.9. The molecule has 0 saturated heterocycles. The van der Waals surface area contributed by atoms with Crippen molar-refractivity contribution >= 4 is 17.4 Å². The van der Waals surface area contributed by atoms with E-state index in [4.69, 9.17) is 0 Å². The molecule has 2 aromatic rings. The third kappa shape index (κ3) is 5.97. The number of hydrogen-bond acceptors (Lipinski definition) is 1. The first-order valence-corrected chi connectivity index (χ1v) is 7.95. The van der Waals surface area contributed by atoms with Gasteiger partial charge in [-0.05, 0) is 36.4 Å². The Bertz CT molecular complexity index is 956. The summed E-state index contributed by atoms with van der Waals surface area (Å²) in [6.45, 7) is 0. The monoisotopic (exact) mass is 484 g/mol. The Hall–Kier alpha value is -3.13. The van der Waals surface area contributed by atoms with E-state index in [-0.39, 0.29) is 18.2 Å². The Kier molecular flexibility index (Phi) is 6.35. The number of anilines is 2. The zero-order valence-corrected chi connectivity index (χ0v) is 14.9. The van der Waals surface area contributed by atoms with Crippen molar-refractivity contribution < 1.29 is 57.5 Å². The Morgan fingerprint density at radius 3 is 1.53 bits per heavy atom. The minimum Gasteiger partial charge on any atom is -0.307 e. The second kappa shape index (κ2) is 8.09. The lowest BCUT2D eigenvalue weighted by Crippen LogP contribution is -2.45. The molecule has 0 heterocycles. The van der Waals surface area contributed by atoms with Crippen LogP contribution in [-0.4, -0.2) is 12.3 Å². The summed E-state index contributed by atoms with van der Waals surface area (Å²) in [4.78, 5) is 10.7. The van der Waals surface area contributed by atoms with E-state index in [1.807, 2.05) is 0 Å². The number of nitrogens with zero attached hydrogens (tertiary/aromatic N) is 1. The molecule has 1 N–H and O–H groups in total. The van der Waals surface area contributed by atoms with Gasteiger partial charge in [-0.2, -0.15) is 39.5 Å². The van der Waals surface area contributed by atoms with Crippen LogP contribution < -0.4 is 10.2 Å². The smallest absolute Gasteiger partial charge is 0.307 e. The number of benzene rings is 2. The fourth-order valence-corrected chi connectivity index (χ4v) is 2.40. The first-order valence-electron chi connectivity index (χ1n) is 7.95. The highest BCUT2D eigenvalue weighted by Crippen LogP contribution is 2.40. The molecule has 0 aliphatic carbocycles. The number of rotatable bonds is 2. The topological polar surface area (TPSA) is 32.3 Å². The molecule has 0 aliphatic heterocycles. The summed E-state index contributed by atoms with van der Waals surface area (Å²) >= 11 is 0. The third-order valence-corrected chi connectivity index (χ3v) is 3.73. The van der Waals surface area contributed by atoms with E-state index in [0.29, 0.717) is 12.1 Å². The minimum atomic E-state index is -5.85. The summed E-state index contributed by atoms with van der Waals surface area (Å²) in [5.74, 6) is 0. The lowest BCUT2D eigenvalue weighted by molar-refractivity contribution is -0.143. The van der Waals surface area contributed by atoms with Crippen molar-refractivity contribution in [1.82, 2.24) is 0 Å². The van der Waals surface area contributed by atoms with Gasteiger partial charge in [-0.15, -0.1) is 13.2 Å². The van der Waals surface area contributed by atoms with Crippen molar-refractivity contribution in [2.75, 3.05) is 10.2 Å². The normalized spacial score (nSPS) is 13.1. The third-order valence-electron chi connectivity index (χ3n) is 3.73. The van der Waals surface area contributed by atoms with Crippen LogP contribution >= 0.6 is 0 Å². The quantitative estimate of drug-likeness (QED) is 0.352. The van der Waals surface area contributed by atoms with E-state index in [1.165, 1.54) is 5.32 Å². The molecule has 32 heavy (non-hydrogen) atoms. The average Bonchev–Trinajstić information content (AvgIpc) is 2.58. The minimum absolute atomic E-state index is 0.222. The highest BCUT2D eigenvalue weighted by Gasteiger charge is 2.45. The predicted molar refractivity (Wildman–Crippen MR) is 85.4 cm³/mol. The van der Waals surface area contributed by atoms with Crippen LogP contribution in [0.25, 0.3) is 0 Å². The van der Waals surface area contributed by atoms with Crippen LogP contribution in [0.15, 0.2) is 42.5 Å². The zero-order chi connectivity index (χ0) is 24.7. The molecule has 0 spiro atoms. The van der Waals surface area contributed by atoms with E-state index < -0.39 is 69.9 Å². The van der Waals surface area contributed by atoms with Crippen molar-refractivity contribution in [3.63, 3.8) is 0 Å². The summed E-state index contributed by atoms with van der Waals surface area (Å²) in [6.07, 6.45) is -21.8. The van der Waals surface area contributed by atoms with Crippen LogP contribution in [-0.2, 0) is 18.5 Å². The average molecular weight is 484 g/mol. The Labute approximate surface area is 170 Å². The van der Waals surface area contributed by atoms with E-state index >= 15 is 0 Å². The number of hydrogen-bond donors (Lipinski definition) is 1. The van der Waals surface area contributed by atoms with Gasteiger partial charge >= 0.3 is 30.9 Å². The van der Waals surface area contributed by atoms with Crippen molar-refractivity contribution in [1.29, 1.82) is 0 Å². The summed E-state index contributed by atoms with van der Waals surface area (Å²) < 4.78 is 156. The Balaban J connectivity index is 2.57. The van der Waals surface area contributed by atoms with Crippen molar-refractivity contribution in [3.8, 4) is 0 Å². The Morgan fingerprint density at radius 2 is 1.12 bits per heavy atom. The number of alkyl halides is 12. The molecule has 15 heteroatoms. The first kappa shape index (κ1) is 25.1. The lowest BCUT2D eigenvalue weighted by Gasteiger charge is -2.27. The van der Waals surface area contributed by atoms with Gasteiger partial charge in [0.05, 0.1) is 22.4 Å². The molecule has 0 aliphatic rings. The van der Waals surface area contributed by atoms with Gasteiger partial charge in [-0.1, -0.05) is 6.07 Å². The van der Waals surface area contributed by atoms with Gasteiger partial charge in [0.1, 0.15) is 0 Å². The molecule has 2 amide bonds. The highest BCUT2D eigenvalue weighted by molar-refractivity contribution is 6.02. The maximum Gasteiger partial charge on any atom is 0.493 e. The fourth-order valence-electron chi connectivity index (χ4n) is 2.40. The number of carbonyl (C=O) groups is 1. The fraction of sp³-hybridized carbons (Fsp3) is 0.235. The summed E-state index contributed by atoms with van der Waals surface area (Å²) in [5, 5.41) is 1.38. The summed E-state index contributed by atoms with van der Waals surface area (Å²) in [6, 6.07) is -1.33. The molecule has 2 aromatic carbocycles. The molecule has 0 atom stereocenters. The van der Waals surface area contributed by atoms with E-state index in [1.54, 1.807) is 0 Å². The van der Waals surface area contributed by atoms with Crippen LogP contribution in [0.3, 0.4) is 0 Å². The van der Waals surface area contributed by atoms with Crippen molar-refractivity contribution in [2.45, 2.75) is 24.8 Å². The van der Waals surface area contributed by atoms with Crippen molar-refractivity contribution in [2.24, 2.45) is 0 Å². The summed E-state index contributed by atoms with van der Waals surface area (Å²) in [7, 11) is 0. The molecule has 0 aromatic heterocycles. The molecule has 176 valence electrons. The van der Waals surface area contributed by atoms with Crippen LogP contribution in [0.4, 0.5) is 68.9 Å². The molecule has 0 radical (unpaired) electrons. The van der Waals surface area contributed by atoms with Crippen LogP contribution in [0.5, 0.6) is 0 Å². The van der Waals surface area contributed by atoms with Gasteiger partial charge in [0.15, 0.2) is 0 Å². The van der Waals surface area contributed by atoms with E-state index in [2.05, 4.69) is 0 Å². The van der Waals surface area contributed by atoms with Gasteiger partial charge in [-0.25, -0.2) is 9.69 Å². The molecule has 0 saturated carbocycles. The number of nitrogens with one attached hydrogen (secondary N) is 1. The van der Waals surface area contributed by atoms with Crippen LogP contribution in [0.2, 0.25) is 0 Å². The lowest BCUT2D eigenvalue weighted by atomic mass is 10.1. The van der Waals surface area contributed by atoms with Crippen LogP contribution in [0, 0.1) is 0 Å². The number of amides is 2. The van der Waals surface area contributed by atoms with Gasteiger partial charge in [0.25, 0.3) is 0 Å². The molecule has 3 nitrogen and oxygen atoms in total. The number of urea groups is 1. The van der Waals surface area contributed by atoms with Gasteiger partial charge < -0.3 is 5.32 Å². The highest BCUT2D eigenvalue weighted by atomic mass is 19.4.